The zero-order chi connectivity index (χ0) is 26.8. The van der Waals surface area contributed by atoms with E-state index in [1.54, 1.807) is 11.0 Å². The van der Waals surface area contributed by atoms with Crippen LogP contribution in [0.4, 0.5) is 14.0 Å². The number of nitrogens with one attached hydrogen (secondary N) is 3. The number of carbonyl (C=O) groups excluding carboxylic acids is 1. The maximum absolute atomic E-state index is 15.1. The molecule has 2 aliphatic rings. The first-order valence-corrected chi connectivity index (χ1v) is 13.5. The Bertz CT molecular complexity index is 904. The lowest BCUT2D eigenvalue weighted by Crippen LogP contribution is -2.54. The number of hydrogen-bond donors (Lipinski definition) is 5. The molecule has 11 heteroatoms. The van der Waals surface area contributed by atoms with E-state index in [9.17, 15) is 14.7 Å². The molecule has 2 saturated heterocycles. The molecule has 2 aliphatic heterocycles. The van der Waals surface area contributed by atoms with Gasteiger partial charge in [0.2, 0.25) is 0 Å². The van der Waals surface area contributed by atoms with Gasteiger partial charge in [-0.05, 0) is 64.0 Å². The molecule has 3 amide bonds. The van der Waals surface area contributed by atoms with E-state index in [4.69, 9.17) is 21.4 Å². The average Bonchev–Trinajstić information content (AvgIpc) is 2.89. The van der Waals surface area contributed by atoms with Gasteiger partial charge >= 0.3 is 12.1 Å². The summed E-state index contributed by atoms with van der Waals surface area (Å²) in [6.45, 7) is 3.06. The summed E-state index contributed by atoms with van der Waals surface area (Å²) in [6.07, 6.45) is 3.35. The number of carbonyl (C=O) groups is 2. The topological polar surface area (TPSA) is 123 Å². The molecule has 0 unspecified atom stereocenters. The Labute approximate surface area is 223 Å². The maximum Gasteiger partial charge on any atom is 0.404 e. The van der Waals surface area contributed by atoms with Crippen LogP contribution >= 0.6 is 11.6 Å². The van der Waals surface area contributed by atoms with Crippen LogP contribution in [0.1, 0.15) is 50.5 Å². The van der Waals surface area contributed by atoms with Gasteiger partial charge in [0, 0.05) is 56.9 Å². The molecule has 0 bridgehead atoms. The van der Waals surface area contributed by atoms with Crippen molar-refractivity contribution < 1.29 is 28.9 Å². The number of rotatable bonds is 11. The molecule has 0 spiro atoms. The number of carboxylic acid groups (broad SMARTS) is 1. The van der Waals surface area contributed by atoms with E-state index in [1.165, 1.54) is 12.1 Å². The molecular weight excluding hydrogens is 503 g/mol. The number of urea groups is 1. The number of hydrogen-bond acceptors (Lipinski definition) is 5. The van der Waals surface area contributed by atoms with Gasteiger partial charge in [-0.2, -0.15) is 0 Å². The number of aliphatic hydroxyl groups is 1. The van der Waals surface area contributed by atoms with Crippen LogP contribution < -0.4 is 16.0 Å². The Morgan fingerprint density at radius 3 is 2.76 bits per heavy atom. The van der Waals surface area contributed by atoms with Crippen molar-refractivity contribution in [2.75, 3.05) is 46.4 Å². The molecule has 0 saturated carbocycles. The Morgan fingerprint density at radius 1 is 1.30 bits per heavy atom. The standard InChI is InChI=1S/C26H40ClFN4O5/c1-29-16-20(15-18-8-13-37-14-9-18)31-24(33)32-12-3-5-19(17-32)26(36,10-4-11-30-25(34)35)21-6-2-7-22(27)23(21)28/h2,6-7,18-20,29-30,36H,3-5,8-17H2,1H3,(H,31,33)(H,34,35)/t19-,20+,26+/m1/s1. The third-order valence-electron chi connectivity index (χ3n) is 7.55. The van der Waals surface area contributed by atoms with Gasteiger partial charge in [-0.25, -0.2) is 14.0 Å². The predicted octanol–water partition coefficient (Wildman–Crippen LogP) is 3.54. The summed E-state index contributed by atoms with van der Waals surface area (Å²) in [4.78, 5) is 25.9. The first-order valence-electron chi connectivity index (χ1n) is 13.2. The number of ether oxygens (including phenoxy) is 1. The molecule has 1 aromatic rings. The highest BCUT2D eigenvalue weighted by molar-refractivity contribution is 6.30. The molecule has 3 rings (SSSR count). The maximum atomic E-state index is 15.1. The molecule has 3 atom stereocenters. The molecule has 2 heterocycles. The fourth-order valence-electron chi connectivity index (χ4n) is 5.59. The number of benzene rings is 1. The molecule has 37 heavy (non-hydrogen) atoms. The summed E-state index contributed by atoms with van der Waals surface area (Å²) >= 11 is 6.04. The van der Waals surface area contributed by atoms with Crippen LogP contribution in [0.15, 0.2) is 18.2 Å². The third kappa shape index (κ3) is 8.17. The van der Waals surface area contributed by atoms with Crippen LogP contribution in [0.2, 0.25) is 5.02 Å². The van der Waals surface area contributed by atoms with Gasteiger partial charge in [0.15, 0.2) is 0 Å². The monoisotopic (exact) mass is 542 g/mol. The van der Waals surface area contributed by atoms with Gasteiger partial charge in [-0.3, -0.25) is 0 Å². The van der Waals surface area contributed by atoms with E-state index in [1.807, 2.05) is 7.05 Å². The normalized spacial score (nSPS) is 21.2. The fourth-order valence-corrected chi connectivity index (χ4v) is 5.77. The van der Waals surface area contributed by atoms with E-state index in [0.717, 1.165) is 32.5 Å². The van der Waals surface area contributed by atoms with Crippen molar-refractivity contribution in [1.82, 2.24) is 20.9 Å². The number of nitrogens with zero attached hydrogens (tertiary/aromatic N) is 1. The predicted molar refractivity (Wildman–Crippen MR) is 139 cm³/mol. The van der Waals surface area contributed by atoms with Crippen molar-refractivity contribution in [2.45, 2.75) is 56.6 Å². The molecule has 208 valence electrons. The van der Waals surface area contributed by atoms with Crippen LogP contribution in [-0.4, -0.2) is 79.7 Å². The first-order chi connectivity index (χ1) is 17.7. The van der Waals surface area contributed by atoms with Gasteiger partial charge in [0.1, 0.15) is 5.82 Å². The second-order valence-electron chi connectivity index (χ2n) is 10.1. The van der Waals surface area contributed by atoms with E-state index < -0.39 is 23.4 Å². The fraction of sp³-hybridized carbons (Fsp3) is 0.692. The van der Waals surface area contributed by atoms with Crippen molar-refractivity contribution in [1.29, 1.82) is 0 Å². The van der Waals surface area contributed by atoms with Gasteiger partial charge in [0.25, 0.3) is 0 Å². The summed E-state index contributed by atoms with van der Waals surface area (Å²) in [6, 6.07) is 4.30. The Hall–Kier alpha value is -2.14. The Balaban J connectivity index is 1.72. The second kappa shape index (κ2) is 14.1. The minimum absolute atomic E-state index is 0.0349. The molecule has 0 radical (unpaired) electrons. The summed E-state index contributed by atoms with van der Waals surface area (Å²) in [7, 11) is 1.86. The van der Waals surface area contributed by atoms with Gasteiger partial charge in [0.05, 0.1) is 10.6 Å². The lowest BCUT2D eigenvalue weighted by molar-refractivity contribution is -0.0576. The highest BCUT2D eigenvalue weighted by atomic mass is 35.5. The van der Waals surface area contributed by atoms with Gasteiger partial charge < -0.3 is 35.8 Å². The van der Waals surface area contributed by atoms with Gasteiger partial charge in [-0.1, -0.05) is 23.7 Å². The highest BCUT2D eigenvalue weighted by Crippen LogP contribution is 2.41. The second-order valence-corrected chi connectivity index (χ2v) is 10.5. The molecule has 0 aromatic heterocycles. The first kappa shape index (κ1) is 29.4. The summed E-state index contributed by atoms with van der Waals surface area (Å²) < 4.78 is 20.6. The lowest BCUT2D eigenvalue weighted by atomic mass is 9.74. The lowest BCUT2D eigenvalue weighted by Gasteiger charge is -2.43. The molecule has 1 aromatic carbocycles. The van der Waals surface area contributed by atoms with E-state index in [0.29, 0.717) is 38.3 Å². The molecule has 0 aliphatic carbocycles. The highest BCUT2D eigenvalue weighted by Gasteiger charge is 2.43. The van der Waals surface area contributed by atoms with Crippen molar-refractivity contribution in [2.24, 2.45) is 11.8 Å². The zero-order valence-electron chi connectivity index (χ0n) is 21.5. The number of likely N-dealkylation sites (tertiary alicyclic amines) is 1. The Morgan fingerprint density at radius 2 is 2.05 bits per heavy atom. The number of amides is 3. The van der Waals surface area contributed by atoms with Crippen molar-refractivity contribution >= 4 is 23.7 Å². The van der Waals surface area contributed by atoms with E-state index >= 15 is 4.39 Å². The van der Waals surface area contributed by atoms with Crippen molar-refractivity contribution in [3.05, 3.63) is 34.6 Å². The van der Waals surface area contributed by atoms with Crippen LogP contribution in [0.25, 0.3) is 0 Å². The summed E-state index contributed by atoms with van der Waals surface area (Å²) in [5.41, 5.74) is -1.53. The summed E-state index contributed by atoms with van der Waals surface area (Å²) in [5.74, 6) is -0.634. The molecule has 2 fully saturated rings. The van der Waals surface area contributed by atoms with Gasteiger partial charge in [-0.15, -0.1) is 0 Å². The molecular formula is C26H40ClFN4O5. The smallest absolute Gasteiger partial charge is 0.404 e. The molecule has 5 N–H and O–H groups in total. The van der Waals surface area contributed by atoms with Crippen LogP contribution in [-0.2, 0) is 10.3 Å². The number of piperidine rings is 1. The number of halogens is 2. The number of likely N-dealkylation sites (N-methyl/N-ethyl adjacent to an activating group) is 1. The van der Waals surface area contributed by atoms with Crippen LogP contribution in [0.5, 0.6) is 0 Å². The molecule has 9 nitrogen and oxygen atoms in total. The largest absolute Gasteiger partial charge is 0.465 e. The minimum Gasteiger partial charge on any atom is -0.465 e. The van der Waals surface area contributed by atoms with Crippen LogP contribution in [0.3, 0.4) is 0 Å². The minimum atomic E-state index is -1.61. The summed E-state index contributed by atoms with van der Waals surface area (Å²) in [5, 5.41) is 29.3. The van der Waals surface area contributed by atoms with Crippen molar-refractivity contribution in [3.63, 3.8) is 0 Å². The average molecular weight is 543 g/mol. The van der Waals surface area contributed by atoms with Crippen molar-refractivity contribution in [3.8, 4) is 0 Å². The SMILES string of the molecule is CNC[C@H](CC1CCOCC1)NC(=O)N1CCC[C@@H]([C@@](O)(CCCNC(=O)O)c2cccc(Cl)c2F)C1. The zero-order valence-corrected chi connectivity index (χ0v) is 22.2. The van der Waals surface area contributed by atoms with E-state index in [2.05, 4.69) is 16.0 Å². The Kier molecular flexibility index (Phi) is 11.2. The quantitative estimate of drug-likeness (QED) is 0.273. The van der Waals surface area contributed by atoms with E-state index in [-0.39, 0.29) is 42.2 Å². The van der Waals surface area contributed by atoms with Crippen LogP contribution in [0, 0.1) is 17.7 Å². The third-order valence-corrected chi connectivity index (χ3v) is 7.84.